The maximum Gasteiger partial charge on any atom is 0.416 e. The standard InChI is InChI=1S/C23H16ClF4N5O3/c1-33-17-19-18(35-9-10-36-19)16(21(34)29-12-7-5-11(6-8-12)23(26,27)28)30-20(17)32-22(33)31-15-13(24)3-2-4-14(15)25/h2-8H,9-10H2,1H3,(H,29,34)(H,30,31,32). The van der Waals surface area contributed by atoms with Gasteiger partial charge >= 0.3 is 6.18 Å². The second kappa shape index (κ2) is 8.86. The average molecular weight is 522 g/mol. The molecule has 4 aromatic rings. The van der Waals surface area contributed by atoms with Gasteiger partial charge < -0.3 is 24.7 Å². The molecular formula is C23H16ClF4N5O3. The molecule has 2 aromatic heterocycles. The maximum atomic E-state index is 14.3. The van der Waals surface area contributed by atoms with Crippen LogP contribution in [0.15, 0.2) is 42.5 Å². The Morgan fingerprint density at radius 2 is 1.75 bits per heavy atom. The summed E-state index contributed by atoms with van der Waals surface area (Å²) in [6.45, 7) is 0.341. The number of ether oxygens (including phenoxy) is 2. The van der Waals surface area contributed by atoms with Crippen molar-refractivity contribution in [3.8, 4) is 11.5 Å². The van der Waals surface area contributed by atoms with Gasteiger partial charge in [-0.1, -0.05) is 17.7 Å². The highest BCUT2D eigenvalue weighted by atomic mass is 35.5. The molecule has 36 heavy (non-hydrogen) atoms. The lowest BCUT2D eigenvalue weighted by atomic mass is 10.2. The first-order valence-electron chi connectivity index (χ1n) is 10.5. The van der Waals surface area contributed by atoms with E-state index in [-0.39, 0.29) is 58.4 Å². The molecule has 0 radical (unpaired) electrons. The molecule has 186 valence electrons. The third-order valence-electron chi connectivity index (χ3n) is 5.39. The number of benzene rings is 2. The highest BCUT2D eigenvalue weighted by Gasteiger charge is 2.31. The van der Waals surface area contributed by atoms with Gasteiger partial charge in [-0.15, -0.1) is 0 Å². The number of nitrogens with one attached hydrogen (secondary N) is 2. The van der Waals surface area contributed by atoms with Crippen LogP contribution in [0.1, 0.15) is 16.1 Å². The number of amides is 1. The second-order valence-electron chi connectivity index (χ2n) is 7.73. The first-order valence-corrected chi connectivity index (χ1v) is 10.9. The molecular weight excluding hydrogens is 506 g/mol. The molecule has 0 saturated heterocycles. The van der Waals surface area contributed by atoms with Crippen molar-refractivity contribution in [3.05, 3.63) is 64.6 Å². The molecule has 0 spiro atoms. The van der Waals surface area contributed by atoms with Crippen LogP contribution in [0.3, 0.4) is 0 Å². The molecule has 1 amide bonds. The van der Waals surface area contributed by atoms with Crippen molar-refractivity contribution in [1.82, 2.24) is 14.5 Å². The van der Waals surface area contributed by atoms with Crippen molar-refractivity contribution in [3.63, 3.8) is 0 Å². The summed E-state index contributed by atoms with van der Waals surface area (Å²) in [5.74, 6) is -0.916. The van der Waals surface area contributed by atoms with Crippen molar-refractivity contribution in [2.75, 3.05) is 23.8 Å². The van der Waals surface area contributed by atoms with E-state index in [0.717, 1.165) is 24.3 Å². The van der Waals surface area contributed by atoms with Gasteiger partial charge in [-0.25, -0.2) is 9.37 Å². The maximum absolute atomic E-state index is 14.3. The van der Waals surface area contributed by atoms with Crippen LogP contribution in [-0.2, 0) is 13.2 Å². The number of rotatable bonds is 4. The average Bonchev–Trinajstić information content (AvgIpc) is 3.16. The van der Waals surface area contributed by atoms with Crippen molar-refractivity contribution in [1.29, 1.82) is 0 Å². The van der Waals surface area contributed by atoms with E-state index in [1.54, 1.807) is 11.6 Å². The van der Waals surface area contributed by atoms with Gasteiger partial charge in [-0.05, 0) is 36.4 Å². The van der Waals surface area contributed by atoms with Gasteiger partial charge in [0.1, 0.15) is 24.5 Å². The van der Waals surface area contributed by atoms with Crippen molar-refractivity contribution in [2.45, 2.75) is 6.18 Å². The van der Waals surface area contributed by atoms with Crippen molar-refractivity contribution < 1.29 is 31.8 Å². The van der Waals surface area contributed by atoms with E-state index in [9.17, 15) is 22.4 Å². The molecule has 2 N–H and O–H groups in total. The number of para-hydroxylation sites is 1. The summed E-state index contributed by atoms with van der Waals surface area (Å²) < 4.78 is 65.8. The molecule has 1 aliphatic rings. The molecule has 0 saturated carbocycles. The van der Waals surface area contributed by atoms with Crippen LogP contribution in [-0.4, -0.2) is 33.7 Å². The lowest BCUT2D eigenvalue weighted by molar-refractivity contribution is -0.137. The zero-order chi connectivity index (χ0) is 25.6. The Morgan fingerprint density at radius 1 is 1.06 bits per heavy atom. The van der Waals surface area contributed by atoms with Crippen LogP contribution < -0.4 is 20.1 Å². The Hall–Kier alpha value is -4.06. The molecule has 0 aliphatic carbocycles. The zero-order valence-corrected chi connectivity index (χ0v) is 19.2. The quantitative estimate of drug-likeness (QED) is 0.342. The topological polar surface area (TPSA) is 90.3 Å². The fourth-order valence-electron chi connectivity index (χ4n) is 3.67. The molecule has 0 bridgehead atoms. The Bertz CT molecular complexity index is 1470. The second-order valence-corrected chi connectivity index (χ2v) is 8.14. The van der Waals surface area contributed by atoms with Gasteiger partial charge in [0.2, 0.25) is 5.95 Å². The van der Waals surface area contributed by atoms with E-state index in [4.69, 9.17) is 21.1 Å². The number of pyridine rings is 1. The fraction of sp³-hybridized carbons (Fsp3) is 0.174. The summed E-state index contributed by atoms with van der Waals surface area (Å²) in [4.78, 5) is 21.7. The molecule has 0 fully saturated rings. The van der Waals surface area contributed by atoms with Crippen LogP contribution in [0.5, 0.6) is 11.5 Å². The number of aryl methyl sites for hydroxylation is 1. The lowest BCUT2D eigenvalue weighted by Crippen LogP contribution is -2.22. The third kappa shape index (κ3) is 4.24. The number of aromatic nitrogens is 3. The number of fused-ring (bicyclic) bond motifs is 3. The monoisotopic (exact) mass is 521 g/mol. The van der Waals surface area contributed by atoms with E-state index in [0.29, 0.717) is 5.52 Å². The Kier molecular flexibility index (Phi) is 5.83. The molecule has 8 nitrogen and oxygen atoms in total. The Balaban J connectivity index is 1.53. The van der Waals surface area contributed by atoms with Gasteiger partial charge in [-0.3, -0.25) is 4.79 Å². The predicted molar refractivity (Wildman–Crippen MR) is 124 cm³/mol. The van der Waals surface area contributed by atoms with Crippen molar-refractivity contribution >= 4 is 46.0 Å². The lowest BCUT2D eigenvalue weighted by Gasteiger charge is -2.21. The summed E-state index contributed by atoms with van der Waals surface area (Å²) in [5.41, 5.74) is -0.426. The SMILES string of the molecule is Cn1c(Nc2c(F)cccc2Cl)nc2nc(C(=O)Nc3ccc(C(F)(F)F)cc3)c3c(c21)OCCO3. The highest BCUT2D eigenvalue weighted by Crippen LogP contribution is 2.41. The summed E-state index contributed by atoms with van der Waals surface area (Å²) in [7, 11) is 1.63. The molecule has 0 unspecified atom stereocenters. The molecule has 13 heteroatoms. The first-order chi connectivity index (χ1) is 17.1. The number of carbonyl (C=O) groups excluding carboxylic acids is 1. The molecule has 0 atom stereocenters. The minimum absolute atomic E-state index is 0.00359. The van der Waals surface area contributed by atoms with Gasteiger partial charge in [-0.2, -0.15) is 18.2 Å². The van der Waals surface area contributed by atoms with Crippen LogP contribution >= 0.6 is 11.6 Å². The highest BCUT2D eigenvalue weighted by molar-refractivity contribution is 6.33. The van der Waals surface area contributed by atoms with Gasteiger partial charge in [0.05, 0.1) is 16.3 Å². The number of hydrogen-bond donors (Lipinski definition) is 2. The van der Waals surface area contributed by atoms with Crippen LogP contribution in [0.4, 0.5) is 34.9 Å². The summed E-state index contributed by atoms with van der Waals surface area (Å²) >= 11 is 6.11. The summed E-state index contributed by atoms with van der Waals surface area (Å²) in [6.07, 6.45) is -4.50. The fourth-order valence-corrected chi connectivity index (χ4v) is 3.88. The van der Waals surface area contributed by atoms with Gasteiger partial charge in [0.25, 0.3) is 5.91 Å². The minimum Gasteiger partial charge on any atom is -0.484 e. The van der Waals surface area contributed by atoms with E-state index in [1.807, 2.05) is 0 Å². The smallest absolute Gasteiger partial charge is 0.416 e. The van der Waals surface area contributed by atoms with Crippen LogP contribution in [0.2, 0.25) is 5.02 Å². The number of carbonyl (C=O) groups is 1. The number of alkyl halides is 3. The number of imidazole rings is 1. The Morgan fingerprint density at radius 3 is 2.42 bits per heavy atom. The minimum atomic E-state index is -4.50. The van der Waals surface area contributed by atoms with E-state index in [1.165, 1.54) is 18.2 Å². The number of halogens is 5. The number of hydrogen-bond acceptors (Lipinski definition) is 6. The zero-order valence-electron chi connectivity index (χ0n) is 18.4. The first kappa shape index (κ1) is 23.7. The largest absolute Gasteiger partial charge is 0.484 e. The Labute approximate surface area is 205 Å². The van der Waals surface area contributed by atoms with Crippen LogP contribution in [0.25, 0.3) is 11.2 Å². The molecule has 3 heterocycles. The number of anilines is 3. The van der Waals surface area contributed by atoms with Gasteiger partial charge in [0, 0.05) is 12.7 Å². The van der Waals surface area contributed by atoms with E-state index < -0.39 is 23.5 Å². The van der Waals surface area contributed by atoms with Crippen LogP contribution in [0, 0.1) is 5.82 Å². The third-order valence-corrected chi connectivity index (χ3v) is 5.71. The van der Waals surface area contributed by atoms with E-state index in [2.05, 4.69) is 20.6 Å². The van der Waals surface area contributed by atoms with E-state index >= 15 is 0 Å². The number of nitrogens with zero attached hydrogens (tertiary/aromatic N) is 3. The van der Waals surface area contributed by atoms with Gasteiger partial charge in [0.15, 0.2) is 22.8 Å². The molecule has 1 aliphatic heterocycles. The van der Waals surface area contributed by atoms with Crippen molar-refractivity contribution in [2.24, 2.45) is 7.05 Å². The summed E-state index contributed by atoms with van der Waals surface area (Å²) in [5, 5.41) is 5.47. The summed E-state index contributed by atoms with van der Waals surface area (Å²) in [6, 6.07) is 8.17. The molecule has 5 rings (SSSR count). The predicted octanol–water partition coefficient (Wildman–Crippen LogP) is 5.55. The molecule has 2 aromatic carbocycles. The normalized spacial score (nSPS) is 13.1.